The molecule has 1 aromatic heterocycles. The van der Waals surface area contributed by atoms with Crippen molar-refractivity contribution < 1.29 is 9.66 Å². The molecule has 0 saturated carbocycles. The molecule has 2 rings (SSSR count). The lowest BCUT2D eigenvalue weighted by molar-refractivity contribution is -0.384. The van der Waals surface area contributed by atoms with Gasteiger partial charge >= 0.3 is 0 Å². The molecule has 0 aliphatic carbocycles. The van der Waals surface area contributed by atoms with E-state index in [-0.39, 0.29) is 18.0 Å². The lowest BCUT2D eigenvalue weighted by Crippen LogP contribution is -2.09. The third-order valence-corrected chi connectivity index (χ3v) is 2.93. The molecule has 0 spiro atoms. The van der Waals surface area contributed by atoms with Crippen LogP contribution in [0, 0.1) is 10.1 Å². The number of benzene rings is 1. The van der Waals surface area contributed by atoms with Crippen molar-refractivity contribution in [2.75, 3.05) is 5.43 Å². The Kier molecular flexibility index (Phi) is 4.49. The van der Waals surface area contributed by atoms with E-state index in [1.54, 1.807) is 24.5 Å². The number of anilines is 1. The SMILES string of the molecule is NNc1ccc(COc2cncc(Br)c2)cc1[N+](=O)[O-]. The van der Waals surface area contributed by atoms with Crippen molar-refractivity contribution in [3.63, 3.8) is 0 Å². The van der Waals surface area contributed by atoms with Gasteiger partial charge < -0.3 is 10.2 Å². The van der Waals surface area contributed by atoms with Crippen LogP contribution in [0.25, 0.3) is 0 Å². The summed E-state index contributed by atoms with van der Waals surface area (Å²) in [6, 6.07) is 6.42. The molecular weight excluding hydrogens is 328 g/mol. The van der Waals surface area contributed by atoms with E-state index in [1.807, 2.05) is 0 Å². The van der Waals surface area contributed by atoms with Gasteiger partial charge in [-0.2, -0.15) is 0 Å². The monoisotopic (exact) mass is 338 g/mol. The Bertz CT molecular complexity index is 636. The van der Waals surface area contributed by atoms with Crippen LogP contribution in [0.4, 0.5) is 11.4 Å². The average Bonchev–Trinajstić information content (AvgIpc) is 2.45. The minimum Gasteiger partial charge on any atom is -0.487 e. The normalized spacial score (nSPS) is 10.1. The van der Waals surface area contributed by atoms with Gasteiger partial charge in [-0.05, 0) is 33.6 Å². The maximum absolute atomic E-state index is 10.9. The van der Waals surface area contributed by atoms with Crippen molar-refractivity contribution in [1.82, 2.24) is 4.98 Å². The van der Waals surface area contributed by atoms with Crippen molar-refractivity contribution in [2.24, 2.45) is 5.84 Å². The van der Waals surface area contributed by atoms with Gasteiger partial charge in [-0.15, -0.1) is 0 Å². The summed E-state index contributed by atoms with van der Waals surface area (Å²) in [5.41, 5.74) is 3.11. The highest BCUT2D eigenvalue weighted by molar-refractivity contribution is 9.10. The molecule has 1 aromatic carbocycles. The molecule has 3 N–H and O–H groups in total. The Morgan fingerprint density at radius 3 is 2.85 bits per heavy atom. The van der Waals surface area contributed by atoms with Crippen LogP contribution >= 0.6 is 15.9 Å². The fourth-order valence-corrected chi connectivity index (χ4v) is 1.92. The zero-order valence-electron chi connectivity index (χ0n) is 10.2. The number of nitro groups is 1. The van der Waals surface area contributed by atoms with E-state index in [4.69, 9.17) is 10.6 Å². The number of hydrogen-bond donors (Lipinski definition) is 2. The van der Waals surface area contributed by atoms with Crippen molar-refractivity contribution in [3.8, 4) is 5.75 Å². The summed E-state index contributed by atoms with van der Waals surface area (Å²) in [5, 5.41) is 10.9. The third kappa shape index (κ3) is 3.43. The smallest absolute Gasteiger partial charge is 0.294 e. The standard InChI is InChI=1S/C12H11BrN4O3/c13-9-4-10(6-15-5-9)20-7-8-1-2-11(16-14)12(3-8)17(18)19/h1-6,16H,7,14H2. The first kappa shape index (κ1) is 14.2. The molecular formula is C12H11BrN4O3. The number of aromatic nitrogens is 1. The summed E-state index contributed by atoms with van der Waals surface area (Å²) in [6.45, 7) is 0.198. The highest BCUT2D eigenvalue weighted by Crippen LogP contribution is 2.25. The van der Waals surface area contributed by atoms with E-state index in [9.17, 15) is 10.1 Å². The molecule has 0 saturated heterocycles. The number of hydrogen-bond acceptors (Lipinski definition) is 6. The van der Waals surface area contributed by atoms with Crippen LogP contribution in [0.2, 0.25) is 0 Å². The van der Waals surface area contributed by atoms with Crippen LogP contribution < -0.4 is 16.0 Å². The van der Waals surface area contributed by atoms with Crippen LogP contribution in [0.5, 0.6) is 5.75 Å². The van der Waals surface area contributed by atoms with Gasteiger partial charge in [0.2, 0.25) is 0 Å². The molecule has 20 heavy (non-hydrogen) atoms. The number of nitrogen functional groups attached to an aromatic ring is 1. The Morgan fingerprint density at radius 1 is 1.40 bits per heavy atom. The number of ether oxygens (including phenoxy) is 1. The molecule has 0 atom stereocenters. The molecule has 8 heteroatoms. The number of halogens is 1. The van der Waals surface area contributed by atoms with Gasteiger partial charge in [-0.3, -0.25) is 20.9 Å². The minimum atomic E-state index is -0.501. The van der Waals surface area contributed by atoms with E-state index in [2.05, 4.69) is 26.3 Å². The van der Waals surface area contributed by atoms with Gasteiger partial charge in [-0.1, -0.05) is 6.07 Å². The predicted molar refractivity (Wildman–Crippen MR) is 77.2 cm³/mol. The largest absolute Gasteiger partial charge is 0.487 e. The molecule has 0 aliphatic heterocycles. The topological polar surface area (TPSA) is 103 Å². The summed E-state index contributed by atoms with van der Waals surface area (Å²) < 4.78 is 6.31. The number of nitrogens with two attached hydrogens (primary N) is 1. The quantitative estimate of drug-likeness (QED) is 0.493. The first-order chi connectivity index (χ1) is 9.60. The predicted octanol–water partition coefficient (Wildman–Crippen LogP) is 2.62. The fraction of sp³-hybridized carbons (Fsp3) is 0.0833. The second-order valence-corrected chi connectivity index (χ2v) is 4.80. The summed E-state index contributed by atoms with van der Waals surface area (Å²) in [6.07, 6.45) is 3.20. The van der Waals surface area contributed by atoms with Gasteiger partial charge in [0.05, 0.1) is 11.1 Å². The molecule has 0 unspecified atom stereocenters. The lowest BCUT2D eigenvalue weighted by atomic mass is 10.2. The van der Waals surface area contributed by atoms with Crippen LogP contribution in [-0.2, 0) is 6.61 Å². The molecule has 2 aromatic rings. The number of nitrogens with one attached hydrogen (secondary N) is 1. The molecule has 7 nitrogen and oxygen atoms in total. The molecule has 1 heterocycles. The van der Waals surface area contributed by atoms with Crippen molar-refractivity contribution in [2.45, 2.75) is 6.61 Å². The van der Waals surface area contributed by atoms with E-state index >= 15 is 0 Å². The third-order valence-electron chi connectivity index (χ3n) is 2.50. The number of pyridine rings is 1. The Labute approximate surface area is 123 Å². The molecule has 0 amide bonds. The number of nitrogens with zero attached hydrogens (tertiary/aromatic N) is 2. The highest BCUT2D eigenvalue weighted by Gasteiger charge is 2.13. The van der Waals surface area contributed by atoms with Crippen molar-refractivity contribution >= 4 is 27.3 Å². The van der Waals surface area contributed by atoms with Crippen LogP contribution in [0.1, 0.15) is 5.56 Å². The van der Waals surface area contributed by atoms with Gasteiger partial charge in [-0.25, -0.2) is 0 Å². The summed E-state index contributed by atoms with van der Waals surface area (Å²) in [4.78, 5) is 14.4. The Morgan fingerprint density at radius 2 is 2.20 bits per heavy atom. The van der Waals surface area contributed by atoms with E-state index in [0.717, 1.165) is 4.47 Å². The number of hydrazine groups is 1. The van der Waals surface area contributed by atoms with Crippen LogP contribution in [-0.4, -0.2) is 9.91 Å². The van der Waals surface area contributed by atoms with Gasteiger partial charge in [0.15, 0.2) is 0 Å². The van der Waals surface area contributed by atoms with Gasteiger partial charge in [0.25, 0.3) is 5.69 Å². The molecule has 0 bridgehead atoms. The zero-order chi connectivity index (χ0) is 14.5. The number of nitro benzene ring substituents is 1. The Hall–Kier alpha value is -2.19. The molecule has 0 radical (unpaired) electrons. The van der Waals surface area contributed by atoms with E-state index in [0.29, 0.717) is 11.3 Å². The van der Waals surface area contributed by atoms with E-state index < -0.39 is 4.92 Å². The first-order valence-electron chi connectivity index (χ1n) is 5.57. The summed E-state index contributed by atoms with van der Waals surface area (Å²) >= 11 is 3.28. The van der Waals surface area contributed by atoms with Crippen molar-refractivity contribution in [1.29, 1.82) is 0 Å². The summed E-state index contributed by atoms with van der Waals surface area (Å²) in [5.74, 6) is 5.79. The maximum atomic E-state index is 10.9. The van der Waals surface area contributed by atoms with Gasteiger partial charge in [0.1, 0.15) is 18.0 Å². The second-order valence-electron chi connectivity index (χ2n) is 3.88. The van der Waals surface area contributed by atoms with Crippen LogP contribution in [0.15, 0.2) is 41.1 Å². The molecule has 0 aliphatic rings. The molecule has 0 fully saturated rings. The minimum absolute atomic E-state index is 0.0963. The molecule has 104 valence electrons. The second kappa shape index (κ2) is 6.31. The van der Waals surface area contributed by atoms with Crippen LogP contribution in [0.3, 0.4) is 0 Å². The lowest BCUT2D eigenvalue weighted by Gasteiger charge is -2.07. The fourth-order valence-electron chi connectivity index (χ4n) is 1.58. The zero-order valence-corrected chi connectivity index (χ0v) is 11.8. The van der Waals surface area contributed by atoms with Crippen molar-refractivity contribution in [3.05, 3.63) is 56.8 Å². The Balaban J connectivity index is 2.14. The highest BCUT2D eigenvalue weighted by atomic mass is 79.9. The summed E-state index contributed by atoms with van der Waals surface area (Å²) in [7, 11) is 0. The average molecular weight is 339 g/mol. The number of rotatable bonds is 5. The maximum Gasteiger partial charge on any atom is 0.294 e. The van der Waals surface area contributed by atoms with Gasteiger partial charge in [0, 0.05) is 16.7 Å². The first-order valence-corrected chi connectivity index (χ1v) is 6.36. The van der Waals surface area contributed by atoms with E-state index in [1.165, 1.54) is 12.1 Å².